The van der Waals surface area contributed by atoms with Crippen molar-refractivity contribution in [2.75, 3.05) is 25.4 Å². The number of hydrogen-bond donors (Lipinski definition) is 2. The maximum Gasteiger partial charge on any atom is 0.211 e. The Labute approximate surface area is 121 Å². The largest absolute Gasteiger partial charge is 0.316 e. The van der Waals surface area contributed by atoms with Gasteiger partial charge >= 0.3 is 0 Å². The van der Waals surface area contributed by atoms with Crippen LogP contribution in [-0.4, -0.2) is 33.8 Å². The summed E-state index contributed by atoms with van der Waals surface area (Å²) < 4.78 is 26.4. The van der Waals surface area contributed by atoms with Gasteiger partial charge < -0.3 is 5.32 Å². The summed E-state index contributed by atoms with van der Waals surface area (Å²) in [6.07, 6.45) is 1.63. The van der Waals surface area contributed by atoms with Crippen molar-refractivity contribution in [1.82, 2.24) is 10.0 Å². The summed E-state index contributed by atoms with van der Waals surface area (Å²) >= 11 is 0. The Morgan fingerprint density at radius 3 is 2.63 bits per heavy atom. The molecule has 1 heterocycles. The van der Waals surface area contributed by atoms with Crippen molar-refractivity contribution < 1.29 is 8.42 Å². The van der Waals surface area contributed by atoms with Crippen molar-refractivity contribution in [3.05, 3.63) is 35.9 Å². The maximum atomic E-state index is 11.8. The quantitative estimate of drug-likeness (QED) is 0.830. The smallest absolute Gasteiger partial charge is 0.211 e. The van der Waals surface area contributed by atoms with Gasteiger partial charge in [-0.3, -0.25) is 0 Å². The Morgan fingerprint density at radius 2 is 2.00 bits per heavy atom. The molecule has 0 amide bonds. The first-order valence-electron chi connectivity index (χ1n) is 6.38. The topological polar surface area (TPSA) is 58.2 Å². The molecule has 1 saturated heterocycles. The van der Waals surface area contributed by atoms with Crippen LogP contribution in [0, 0.1) is 5.92 Å². The van der Waals surface area contributed by atoms with E-state index >= 15 is 0 Å². The average Bonchev–Trinajstić information content (AvgIpc) is 2.89. The molecule has 1 unspecified atom stereocenters. The summed E-state index contributed by atoms with van der Waals surface area (Å²) in [6, 6.07) is 9.70. The minimum atomic E-state index is -3.15. The van der Waals surface area contributed by atoms with Gasteiger partial charge in [-0.1, -0.05) is 30.3 Å². The molecule has 0 aliphatic carbocycles. The molecule has 6 heteroatoms. The van der Waals surface area contributed by atoms with Crippen molar-refractivity contribution in [3.63, 3.8) is 0 Å². The predicted molar refractivity (Wildman–Crippen MR) is 80.2 cm³/mol. The third-order valence-electron chi connectivity index (χ3n) is 3.26. The molecule has 2 N–H and O–H groups in total. The number of benzene rings is 1. The predicted octanol–water partition coefficient (Wildman–Crippen LogP) is 1.18. The van der Waals surface area contributed by atoms with Crippen LogP contribution < -0.4 is 10.0 Å². The third kappa shape index (κ3) is 5.91. The van der Waals surface area contributed by atoms with Crippen LogP contribution in [0.25, 0.3) is 0 Å². The van der Waals surface area contributed by atoms with Crippen LogP contribution in [-0.2, 0) is 16.4 Å². The first-order chi connectivity index (χ1) is 8.66. The molecule has 1 fully saturated rings. The molecule has 1 aromatic carbocycles. The number of aryl methyl sites for hydroxylation is 1. The fraction of sp³-hybridized carbons (Fsp3) is 0.538. The van der Waals surface area contributed by atoms with Crippen LogP contribution in [0.15, 0.2) is 30.3 Å². The summed E-state index contributed by atoms with van der Waals surface area (Å²) in [5.74, 6) is 0.605. The van der Waals surface area contributed by atoms with Crippen LogP contribution in [0.1, 0.15) is 12.0 Å². The van der Waals surface area contributed by atoms with E-state index in [1.54, 1.807) is 0 Å². The van der Waals surface area contributed by atoms with Gasteiger partial charge in [0.05, 0.1) is 5.75 Å². The number of sulfonamides is 1. The minimum absolute atomic E-state index is 0. The average molecular weight is 305 g/mol. The van der Waals surface area contributed by atoms with Crippen molar-refractivity contribution in [2.45, 2.75) is 12.8 Å². The van der Waals surface area contributed by atoms with Gasteiger partial charge in [-0.15, -0.1) is 12.4 Å². The summed E-state index contributed by atoms with van der Waals surface area (Å²) in [6.45, 7) is 2.47. The fourth-order valence-corrected chi connectivity index (χ4v) is 3.24. The van der Waals surface area contributed by atoms with Gasteiger partial charge in [-0.25, -0.2) is 13.1 Å². The standard InChI is InChI=1S/C13H20N2O2S.ClH/c16-18(17,15-11-13-6-8-14-10-13)9-7-12-4-2-1-3-5-12;/h1-5,13-15H,6-11H2;1H. The maximum absolute atomic E-state index is 11.8. The Balaban J connectivity index is 0.00000180. The summed E-state index contributed by atoms with van der Waals surface area (Å²) in [5, 5.41) is 3.23. The van der Waals surface area contributed by atoms with E-state index < -0.39 is 10.0 Å². The van der Waals surface area contributed by atoms with Gasteiger partial charge in [0.2, 0.25) is 10.0 Å². The van der Waals surface area contributed by atoms with Gasteiger partial charge in [-0.2, -0.15) is 0 Å². The van der Waals surface area contributed by atoms with E-state index in [1.807, 2.05) is 30.3 Å². The number of halogens is 1. The zero-order chi connectivity index (χ0) is 12.8. The molecule has 1 aliphatic heterocycles. The van der Waals surface area contributed by atoms with Gasteiger partial charge in [0.15, 0.2) is 0 Å². The fourth-order valence-electron chi connectivity index (χ4n) is 2.10. The second kappa shape index (κ2) is 7.85. The Bertz CT molecular complexity index is 459. The number of nitrogens with one attached hydrogen (secondary N) is 2. The van der Waals surface area contributed by atoms with Crippen LogP contribution in [0.3, 0.4) is 0 Å². The summed E-state index contributed by atoms with van der Waals surface area (Å²) in [7, 11) is -3.15. The lowest BCUT2D eigenvalue weighted by Crippen LogP contribution is -2.32. The van der Waals surface area contributed by atoms with Crippen molar-refractivity contribution in [3.8, 4) is 0 Å². The van der Waals surface area contributed by atoms with Crippen molar-refractivity contribution in [2.24, 2.45) is 5.92 Å². The molecule has 4 nitrogen and oxygen atoms in total. The molecule has 0 radical (unpaired) electrons. The third-order valence-corrected chi connectivity index (χ3v) is 4.60. The lowest BCUT2D eigenvalue weighted by molar-refractivity contribution is 0.538. The number of hydrogen-bond acceptors (Lipinski definition) is 3. The van der Waals surface area contributed by atoms with E-state index in [9.17, 15) is 8.42 Å². The second-order valence-electron chi connectivity index (χ2n) is 4.76. The monoisotopic (exact) mass is 304 g/mol. The highest BCUT2D eigenvalue weighted by atomic mass is 35.5. The van der Waals surface area contributed by atoms with E-state index in [0.717, 1.165) is 25.1 Å². The Morgan fingerprint density at radius 1 is 1.26 bits per heavy atom. The summed E-state index contributed by atoms with van der Waals surface area (Å²) in [4.78, 5) is 0. The van der Waals surface area contributed by atoms with E-state index in [0.29, 0.717) is 18.9 Å². The van der Waals surface area contributed by atoms with E-state index in [1.165, 1.54) is 0 Å². The van der Waals surface area contributed by atoms with Crippen LogP contribution in [0.2, 0.25) is 0 Å². The van der Waals surface area contributed by atoms with Gasteiger partial charge in [-0.05, 0) is 37.4 Å². The summed E-state index contributed by atoms with van der Waals surface area (Å²) in [5.41, 5.74) is 1.06. The zero-order valence-corrected chi connectivity index (χ0v) is 12.5. The molecule has 0 saturated carbocycles. The zero-order valence-electron chi connectivity index (χ0n) is 10.8. The van der Waals surface area contributed by atoms with E-state index in [-0.39, 0.29) is 18.2 Å². The molecule has 108 valence electrons. The van der Waals surface area contributed by atoms with Crippen molar-refractivity contribution >= 4 is 22.4 Å². The molecular formula is C13H21ClN2O2S. The highest BCUT2D eigenvalue weighted by molar-refractivity contribution is 7.89. The van der Waals surface area contributed by atoms with E-state index in [4.69, 9.17) is 0 Å². The van der Waals surface area contributed by atoms with Crippen LogP contribution >= 0.6 is 12.4 Å². The van der Waals surface area contributed by atoms with Gasteiger partial charge in [0, 0.05) is 6.54 Å². The molecule has 19 heavy (non-hydrogen) atoms. The lowest BCUT2D eigenvalue weighted by atomic mass is 10.1. The van der Waals surface area contributed by atoms with Crippen molar-refractivity contribution in [1.29, 1.82) is 0 Å². The van der Waals surface area contributed by atoms with Gasteiger partial charge in [0.25, 0.3) is 0 Å². The minimum Gasteiger partial charge on any atom is -0.316 e. The molecule has 1 aliphatic rings. The molecule has 2 rings (SSSR count). The highest BCUT2D eigenvalue weighted by Gasteiger charge is 2.17. The number of rotatable bonds is 6. The molecule has 1 atom stereocenters. The molecular weight excluding hydrogens is 284 g/mol. The van der Waals surface area contributed by atoms with Gasteiger partial charge in [0.1, 0.15) is 0 Å². The first kappa shape index (κ1) is 16.4. The lowest BCUT2D eigenvalue weighted by Gasteiger charge is -2.10. The molecule has 0 bridgehead atoms. The second-order valence-corrected chi connectivity index (χ2v) is 6.69. The Kier molecular flexibility index (Phi) is 6.79. The van der Waals surface area contributed by atoms with Crippen LogP contribution in [0.4, 0.5) is 0 Å². The Hall–Kier alpha value is -0.620. The van der Waals surface area contributed by atoms with Crippen LogP contribution in [0.5, 0.6) is 0 Å². The highest BCUT2D eigenvalue weighted by Crippen LogP contribution is 2.06. The molecule has 0 spiro atoms. The van der Waals surface area contributed by atoms with E-state index in [2.05, 4.69) is 10.0 Å². The first-order valence-corrected chi connectivity index (χ1v) is 8.03. The SMILES string of the molecule is Cl.O=S(=O)(CCc1ccccc1)NCC1CCNC1. The molecule has 0 aromatic heterocycles. The molecule has 1 aromatic rings. The normalized spacial score (nSPS) is 19.1.